The first-order valence-corrected chi connectivity index (χ1v) is 6.32. The Balaban J connectivity index is 2.43. The topological polar surface area (TPSA) is 52.9 Å². The smallest absolute Gasteiger partial charge is 0.0854 e. The highest BCUT2D eigenvalue weighted by molar-refractivity contribution is 4.91. The summed E-state index contributed by atoms with van der Waals surface area (Å²) < 4.78 is 5.84. The molecule has 1 rings (SSSR count). The summed E-state index contributed by atoms with van der Waals surface area (Å²) in [6, 6.07) is 0. The predicted octanol–water partition coefficient (Wildman–Crippen LogP) is 0.865. The van der Waals surface area contributed by atoms with Crippen molar-refractivity contribution in [2.75, 3.05) is 26.3 Å². The number of nitrogens with zero attached hydrogens (tertiary/aromatic N) is 1. The Bertz CT molecular complexity index is 242. The minimum absolute atomic E-state index is 0.0439. The second-order valence-electron chi connectivity index (χ2n) is 6.72. The van der Waals surface area contributed by atoms with Crippen LogP contribution in [0, 0.1) is 5.41 Å². The van der Waals surface area contributed by atoms with Crippen LogP contribution in [0.1, 0.15) is 34.6 Å². The zero-order chi connectivity index (χ0) is 13.3. The van der Waals surface area contributed by atoms with E-state index in [0.29, 0.717) is 6.61 Å². The molecule has 1 aliphatic rings. The molecule has 1 fully saturated rings. The summed E-state index contributed by atoms with van der Waals surface area (Å²) in [6.07, 6.45) is -0.335. The van der Waals surface area contributed by atoms with Gasteiger partial charge in [-0.3, -0.25) is 4.90 Å². The summed E-state index contributed by atoms with van der Waals surface area (Å²) in [6.45, 7) is 12.5. The third-order valence-corrected chi connectivity index (χ3v) is 3.49. The van der Waals surface area contributed by atoms with Crippen LogP contribution in [0.5, 0.6) is 0 Å². The molecule has 0 aromatic heterocycles. The van der Waals surface area contributed by atoms with E-state index in [1.165, 1.54) is 0 Å². The van der Waals surface area contributed by atoms with Gasteiger partial charge in [-0.25, -0.2) is 0 Å². The van der Waals surface area contributed by atoms with Crippen LogP contribution in [0.15, 0.2) is 0 Å². The highest BCUT2D eigenvalue weighted by Gasteiger charge is 2.37. The average Bonchev–Trinajstić information content (AvgIpc) is 2.11. The van der Waals surface area contributed by atoms with Crippen molar-refractivity contribution in [1.29, 1.82) is 0 Å². The van der Waals surface area contributed by atoms with Gasteiger partial charge in [-0.2, -0.15) is 0 Å². The van der Waals surface area contributed by atoms with Crippen molar-refractivity contribution in [2.45, 2.75) is 52.4 Å². The minimum Gasteiger partial charge on any atom is -0.394 e. The Morgan fingerprint density at radius 2 is 1.76 bits per heavy atom. The SMILES string of the molecule is CC(C)(C)C(CO)OCC(C)(C)N1CC(O)C1. The molecule has 0 amide bonds. The van der Waals surface area contributed by atoms with Crippen LogP contribution in [0.2, 0.25) is 0 Å². The normalized spacial score (nSPS) is 21.4. The third-order valence-electron chi connectivity index (χ3n) is 3.49. The van der Waals surface area contributed by atoms with E-state index in [1.807, 2.05) is 0 Å². The molecule has 102 valence electrons. The fourth-order valence-electron chi connectivity index (χ4n) is 1.92. The number of rotatable bonds is 5. The summed E-state index contributed by atoms with van der Waals surface area (Å²) in [5, 5.41) is 18.6. The van der Waals surface area contributed by atoms with Crippen LogP contribution < -0.4 is 0 Å². The molecule has 17 heavy (non-hydrogen) atoms. The van der Waals surface area contributed by atoms with E-state index in [-0.39, 0.29) is 29.8 Å². The van der Waals surface area contributed by atoms with Crippen molar-refractivity contribution in [2.24, 2.45) is 5.41 Å². The molecule has 1 aliphatic heterocycles. The maximum Gasteiger partial charge on any atom is 0.0854 e. The van der Waals surface area contributed by atoms with Crippen LogP contribution in [0.4, 0.5) is 0 Å². The lowest BCUT2D eigenvalue weighted by Crippen LogP contribution is -2.62. The molecule has 1 unspecified atom stereocenters. The molecule has 0 bridgehead atoms. The monoisotopic (exact) mass is 245 g/mol. The molecule has 0 aromatic rings. The molecular weight excluding hydrogens is 218 g/mol. The molecule has 0 aromatic carbocycles. The van der Waals surface area contributed by atoms with E-state index in [4.69, 9.17) is 4.74 Å². The average molecular weight is 245 g/mol. The van der Waals surface area contributed by atoms with E-state index < -0.39 is 0 Å². The van der Waals surface area contributed by atoms with Crippen LogP contribution in [0.3, 0.4) is 0 Å². The van der Waals surface area contributed by atoms with Crippen LogP contribution in [0.25, 0.3) is 0 Å². The maximum atomic E-state index is 9.33. The van der Waals surface area contributed by atoms with Gasteiger partial charge < -0.3 is 14.9 Å². The highest BCUT2D eigenvalue weighted by Crippen LogP contribution is 2.26. The summed E-state index contributed by atoms with van der Waals surface area (Å²) in [4.78, 5) is 2.20. The van der Waals surface area contributed by atoms with Gasteiger partial charge >= 0.3 is 0 Å². The summed E-state index contributed by atoms with van der Waals surface area (Å²) in [5.74, 6) is 0. The summed E-state index contributed by atoms with van der Waals surface area (Å²) in [5.41, 5.74) is -0.142. The molecule has 0 spiro atoms. The Hall–Kier alpha value is -0.160. The van der Waals surface area contributed by atoms with Crippen LogP contribution >= 0.6 is 0 Å². The number of ether oxygens (including phenoxy) is 1. The quantitative estimate of drug-likeness (QED) is 0.754. The zero-order valence-corrected chi connectivity index (χ0v) is 11.7. The molecule has 4 nitrogen and oxygen atoms in total. The second kappa shape index (κ2) is 5.22. The van der Waals surface area contributed by atoms with Gasteiger partial charge in [0, 0.05) is 18.6 Å². The Kier molecular flexibility index (Phi) is 4.58. The van der Waals surface area contributed by atoms with Crippen molar-refractivity contribution in [1.82, 2.24) is 4.90 Å². The summed E-state index contributed by atoms with van der Waals surface area (Å²) >= 11 is 0. The lowest BCUT2D eigenvalue weighted by atomic mass is 9.89. The first-order valence-electron chi connectivity index (χ1n) is 6.32. The first-order chi connectivity index (χ1) is 7.66. The van der Waals surface area contributed by atoms with E-state index in [1.54, 1.807) is 0 Å². The molecule has 2 N–H and O–H groups in total. The standard InChI is InChI=1S/C13H27NO3/c1-12(2,3)11(8-15)17-9-13(4,5)14-6-10(16)7-14/h10-11,15-16H,6-9H2,1-5H3. The van der Waals surface area contributed by atoms with Gasteiger partial charge in [0.1, 0.15) is 0 Å². The Morgan fingerprint density at radius 3 is 2.12 bits per heavy atom. The van der Waals surface area contributed by atoms with Crippen LogP contribution in [-0.4, -0.2) is 59.2 Å². The minimum atomic E-state index is -0.189. The van der Waals surface area contributed by atoms with Gasteiger partial charge in [0.25, 0.3) is 0 Å². The van der Waals surface area contributed by atoms with E-state index in [9.17, 15) is 10.2 Å². The van der Waals surface area contributed by atoms with Gasteiger partial charge in [0.05, 0.1) is 25.4 Å². The van der Waals surface area contributed by atoms with Gasteiger partial charge in [-0.1, -0.05) is 20.8 Å². The number of β-amino-alcohol motifs (C(OH)–C–C–N with tert-alkyl or cyclic N) is 1. The lowest BCUT2D eigenvalue weighted by Gasteiger charge is -2.47. The zero-order valence-electron chi connectivity index (χ0n) is 11.7. The number of likely N-dealkylation sites (tertiary alicyclic amines) is 1. The molecule has 1 saturated heterocycles. The molecule has 0 aliphatic carbocycles. The number of aliphatic hydroxyl groups is 2. The highest BCUT2D eigenvalue weighted by atomic mass is 16.5. The van der Waals surface area contributed by atoms with E-state index >= 15 is 0 Å². The van der Waals surface area contributed by atoms with Crippen LogP contribution in [-0.2, 0) is 4.74 Å². The molecule has 0 saturated carbocycles. The fraction of sp³-hybridized carbons (Fsp3) is 1.00. The molecule has 4 heteroatoms. The third kappa shape index (κ3) is 3.91. The number of hydrogen-bond acceptors (Lipinski definition) is 4. The van der Waals surface area contributed by atoms with Crippen molar-refractivity contribution < 1.29 is 14.9 Å². The predicted molar refractivity (Wildman–Crippen MR) is 67.9 cm³/mol. The van der Waals surface area contributed by atoms with E-state index in [2.05, 4.69) is 39.5 Å². The van der Waals surface area contributed by atoms with Gasteiger partial charge in [0.15, 0.2) is 0 Å². The maximum absolute atomic E-state index is 9.33. The van der Waals surface area contributed by atoms with Crippen molar-refractivity contribution in [3.8, 4) is 0 Å². The second-order valence-corrected chi connectivity index (χ2v) is 6.72. The van der Waals surface area contributed by atoms with Crippen molar-refractivity contribution in [3.05, 3.63) is 0 Å². The van der Waals surface area contributed by atoms with Crippen molar-refractivity contribution in [3.63, 3.8) is 0 Å². The summed E-state index contributed by atoms with van der Waals surface area (Å²) in [7, 11) is 0. The number of aliphatic hydroxyl groups excluding tert-OH is 2. The lowest BCUT2D eigenvalue weighted by molar-refractivity contribution is -0.120. The first kappa shape index (κ1) is 14.9. The molecule has 0 radical (unpaired) electrons. The van der Waals surface area contributed by atoms with E-state index in [0.717, 1.165) is 13.1 Å². The fourth-order valence-corrected chi connectivity index (χ4v) is 1.92. The molecular formula is C13H27NO3. The van der Waals surface area contributed by atoms with Gasteiger partial charge in [-0.05, 0) is 19.3 Å². The Morgan fingerprint density at radius 1 is 1.24 bits per heavy atom. The molecule has 1 atom stereocenters. The van der Waals surface area contributed by atoms with Crippen molar-refractivity contribution >= 4 is 0 Å². The largest absolute Gasteiger partial charge is 0.394 e. The van der Waals surface area contributed by atoms with Gasteiger partial charge in [-0.15, -0.1) is 0 Å². The molecule has 1 heterocycles. The Labute approximate surface area is 105 Å². The van der Waals surface area contributed by atoms with Gasteiger partial charge in [0.2, 0.25) is 0 Å². The number of hydrogen-bond donors (Lipinski definition) is 2.